The lowest BCUT2D eigenvalue weighted by molar-refractivity contribution is 0.0970. The van der Waals surface area contributed by atoms with Gasteiger partial charge in [-0.1, -0.05) is 37.1 Å². The van der Waals surface area contributed by atoms with Crippen molar-refractivity contribution in [2.24, 2.45) is 0 Å². The van der Waals surface area contributed by atoms with E-state index in [2.05, 4.69) is 11.9 Å². The highest BCUT2D eigenvalue weighted by Gasteiger charge is 2.44. The number of aryl methyl sites for hydroxylation is 2. The van der Waals surface area contributed by atoms with Gasteiger partial charge in [-0.05, 0) is 67.8 Å². The number of benzene rings is 2. The Labute approximate surface area is 197 Å². The Morgan fingerprint density at radius 3 is 2.50 bits per heavy atom. The average molecular weight is 455 g/mol. The minimum Gasteiger partial charge on any atom is -0.494 e. The Bertz CT molecular complexity index is 1440. The van der Waals surface area contributed by atoms with E-state index in [-0.39, 0.29) is 17.1 Å². The van der Waals surface area contributed by atoms with Crippen LogP contribution in [0, 0.1) is 13.8 Å². The van der Waals surface area contributed by atoms with Crippen LogP contribution in [0.15, 0.2) is 70.0 Å². The predicted molar refractivity (Wildman–Crippen MR) is 132 cm³/mol. The fraction of sp³-hybridized carbons (Fsp3) is 0.250. The van der Waals surface area contributed by atoms with Crippen molar-refractivity contribution in [1.82, 2.24) is 4.98 Å². The summed E-state index contributed by atoms with van der Waals surface area (Å²) in [6, 6.07) is 16.0. The number of carbonyl (C=O) groups is 1. The van der Waals surface area contributed by atoms with Crippen molar-refractivity contribution in [3.8, 4) is 5.75 Å². The van der Waals surface area contributed by atoms with E-state index in [0.717, 1.165) is 35.3 Å². The molecule has 0 saturated heterocycles. The highest BCUT2D eigenvalue weighted by molar-refractivity contribution is 6.10. The van der Waals surface area contributed by atoms with Crippen LogP contribution in [0.25, 0.3) is 11.0 Å². The van der Waals surface area contributed by atoms with Crippen molar-refractivity contribution in [1.29, 1.82) is 0 Å². The number of hydrogen-bond acceptors (Lipinski definition) is 5. The fourth-order valence-electron chi connectivity index (χ4n) is 4.37. The van der Waals surface area contributed by atoms with Crippen molar-refractivity contribution >= 4 is 22.7 Å². The summed E-state index contributed by atoms with van der Waals surface area (Å²) in [6.45, 7) is 6.63. The molecule has 1 aliphatic heterocycles. The van der Waals surface area contributed by atoms with E-state index in [1.165, 1.54) is 0 Å². The molecule has 34 heavy (non-hydrogen) atoms. The van der Waals surface area contributed by atoms with Gasteiger partial charge in [0.05, 0.1) is 23.6 Å². The standard InChI is InChI=1S/C28H26N2O4/c1-4-5-14-33-20-9-7-19(8-10-20)25-24-26(31)21-15-17(2)6-11-22(21)34-27(24)28(32)30(25)23-16-18(3)12-13-29-23/h6-13,15-16,25H,4-5,14H2,1-3H3. The molecule has 0 aliphatic carbocycles. The first-order valence-corrected chi connectivity index (χ1v) is 11.5. The maximum absolute atomic E-state index is 13.7. The molecule has 3 heterocycles. The second-order valence-corrected chi connectivity index (χ2v) is 8.71. The fourth-order valence-corrected chi connectivity index (χ4v) is 4.37. The zero-order chi connectivity index (χ0) is 23.8. The predicted octanol–water partition coefficient (Wildman–Crippen LogP) is 5.73. The van der Waals surface area contributed by atoms with Crippen LogP contribution in [0.4, 0.5) is 5.82 Å². The zero-order valence-corrected chi connectivity index (χ0v) is 19.5. The summed E-state index contributed by atoms with van der Waals surface area (Å²) in [4.78, 5) is 33.3. The summed E-state index contributed by atoms with van der Waals surface area (Å²) in [5, 5.41) is 0.468. The number of unbranched alkanes of at least 4 members (excludes halogenated alkanes) is 1. The van der Waals surface area contributed by atoms with Crippen molar-refractivity contribution < 1.29 is 13.9 Å². The van der Waals surface area contributed by atoms with Gasteiger partial charge in [-0.15, -0.1) is 0 Å². The van der Waals surface area contributed by atoms with Crippen molar-refractivity contribution in [2.75, 3.05) is 11.5 Å². The lowest BCUT2D eigenvalue weighted by Crippen LogP contribution is -2.30. The van der Waals surface area contributed by atoms with Crippen LogP contribution in [-0.4, -0.2) is 17.5 Å². The van der Waals surface area contributed by atoms with E-state index in [1.54, 1.807) is 23.2 Å². The first-order valence-electron chi connectivity index (χ1n) is 11.5. The van der Waals surface area contributed by atoms with Crippen LogP contribution in [-0.2, 0) is 0 Å². The third-order valence-electron chi connectivity index (χ3n) is 6.14. The summed E-state index contributed by atoms with van der Waals surface area (Å²) >= 11 is 0. The monoisotopic (exact) mass is 454 g/mol. The van der Waals surface area contributed by atoms with Gasteiger partial charge in [0.1, 0.15) is 17.2 Å². The molecule has 0 radical (unpaired) electrons. The van der Waals surface area contributed by atoms with Crippen LogP contribution in [0.5, 0.6) is 5.75 Å². The van der Waals surface area contributed by atoms with Gasteiger partial charge in [-0.25, -0.2) is 4.98 Å². The van der Waals surface area contributed by atoms with Gasteiger partial charge in [0.15, 0.2) is 5.43 Å². The maximum atomic E-state index is 13.7. The van der Waals surface area contributed by atoms with E-state index in [9.17, 15) is 9.59 Å². The average Bonchev–Trinajstić information content (AvgIpc) is 3.13. The number of pyridine rings is 1. The van der Waals surface area contributed by atoms with E-state index in [1.807, 2.05) is 56.3 Å². The van der Waals surface area contributed by atoms with E-state index in [0.29, 0.717) is 29.0 Å². The van der Waals surface area contributed by atoms with E-state index >= 15 is 0 Å². The molecule has 6 heteroatoms. The van der Waals surface area contributed by atoms with Crippen LogP contribution in [0.1, 0.15) is 58.6 Å². The Hall–Kier alpha value is -3.93. The van der Waals surface area contributed by atoms with Gasteiger partial charge in [0, 0.05) is 6.20 Å². The molecular formula is C28H26N2O4. The molecule has 1 atom stereocenters. The minimum absolute atomic E-state index is 0.0675. The second kappa shape index (κ2) is 8.78. The molecule has 1 aliphatic rings. The lowest BCUT2D eigenvalue weighted by atomic mass is 9.98. The Morgan fingerprint density at radius 1 is 1.00 bits per heavy atom. The van der Waals surface area contributed by atoms with E-state index in [4.69, 9.17) is 9.15 Å². The smallest absolute Gasteiger partial charge is 0.296 e. The molecule has 1 amide bonds. The highest BCUT2D eigenvalue weighted by atomic mass is 16.5. The number of hydrogen-bond donors (Lipinski definition) is 0. The normalized spacial score (nSPS) is 15.1. The molecule has 0 N–H and O–H groups in total. The summed E-state index contributed by atoms with van der Waals surface area (Å²) in [5.41, 5.74) is 3.25. The molecule has 6 nitrogen and oxygen atoms in total. The van der Waals surface area contributed by atoms with Crippen LogP contribution < -0.4 is 15.1 Å². The molecule has 0 saturated carbocycles. The third kappa shape index (κ3) is 3.75. The van der Waals surface area contributed by atoms with Crippen molar-refractivity contribution in [3.05, 3.63) is 99.0 Å². The topological polar surface area (TPSA) is 72.6 Å². The Morgan fingerprint density at radius 2 is 1.76 bits per heavy atom. The Kier molecular flexibility index (Phi) is 5.65. The molecule has 0 fully saturated rings. The first kappa shape index (κ1) is 21.9. The largest absolute Gasteiger partial charge is 0.494 e. The first-order chi connectivity index (χ1) is 16.5. The molecule has 2 aromatic heterocycles. The van der Waals surface area contributed by atoms with Gasteiger partial charge >= 0.3 is 0 Å². The number of anilines is 1. The molecule has 0 spiro atoms. The molecular weight excluding hydrogens is 428 g/mol. The van der Waals surface area contributed by atoms with Crippen molar-refractivity contribution in [3.63, 3.8) is 0 Å². The SMILES string of the molecule is CCCCOc1ccc(C2c3c(oc4ccc(C)cc4c3=O)C(=O)N2c2cc(C)ccn2)cc1. The van der Waals surface area contributed by atoms with Gasteiger partial charge in [-0.3, -0.25) is 14.5 Å². The van der Waals surface area contributed by atoms with E-state index < -0.39 is 6.04 Å². The Balaban J connectivity index is 1.68. The number of carbonyl (C=O) groups excluding carboxylic acids is 1. The minimum atomic E-state index is -0.650. The molecule has 4 aromatic rings. The molecule has 172 valence electrons. The molecule has 0 bridgehead atoms. The number of nitrogens with zero attached hydrogens (tertiary/aromatic N) is 2. The van der Waals surface area contributed by atoms with Gasteiger partial charge in [-0.2, -0.15) is 0 Å². The van der Waals surface area contributed by atoms with Gasteiger partial charge in [0.2, 0.25) is 5.76 Å². The number of rotatable bonds is 6. The molecule has 2 aromatic carbocycles. The van der Waals surface area contributed by atoms with Crippen molar-refractivity contribution in [2.45, 2.75) is 39.7 Å². The molecule has 1 unspecified atom stereocenters. The van der Waals surface area contributed by atoms with Gasteiger partial charge in [0.25, 0.3) is 5.91 Å². The van der Waals surface area contributed by atoms with Gasteiger partial charge < -0.3 is 9.15 Å². The van der Waals surface area contributed by atoms with Crippen LogP contribution in [0.2, 0.25) is 0 Å². The number of ether oxygens (including phenoxy) is 1. The van der Waals surface area contributed by atoms with Crippen LogP contribution in [0.3, 0.4) is 0 Å². The summed E-state index contributed by atoms with van der Waals surface area (Å²) < 4.78 is 11.8. The lowest BCUT2D eigenvalue weighted by Gasteiger charge is -2.24. The summed E-state index contributed by atoms with van der Waals surface area (Å²) in [5.74, 6) is 0.923. The zero-order valence-electron chi connectivity index (χ0n) is 19.5. The summed E-state index contributed by atoms with van der Waals surface area (Å²) in [6.07, 6.45) is 3.70. The molecule has 5 rings (SSSR count). The number of aromatic nitrogens is 1. The number of amides is 1. The quantitative estimate of drug-likeness (QED) is 0.348. The third-order valence-corrected chi connectivity index (χ3v) is 6.14. The highest BCUT2D eigenvalue weighted by Crippen LogP contribution is 2.41. The maximum Gasteiger partial charge on any atom is 0.296 e. The summed E-state index contributed by atoms with van der Waals surface area (Å²) in [7, 11) is 0. The second-order valence-electron chi connectivity index (χ2n) is 8.71. The number of fused-ring (bicyclic) bond motifs is 2. The van der Waals surface area contributed by atoms with Crippen LogP contribution >= 0.6 is 0 Å².